The van der Waals surface area contributed by atoms with Crippen LogP contribution >= 0.6 is 0 Å². The summed E-state index contributed by atoms with van der Waals surface area (Å²) in [6.07, 6.45) is 1.69. The first-order chi connectivity index (χ1) is 13.5. The van der Waals surface area contributed by atoms with Gasteiger partial charge >= 0.3 is 6.03 Å². The lowest BCUT2D eigenvalue weighted by molar-refractivity contribution is 0.159. The number of benzene rings is 1. The molecule has 2 saturated heterocycles. The Kier molecular flexibility index (Phi) is 4.70. The molecule has 4 rings (SSSR count). The maximum Gasteiger partial charge on any atom is 0.320 e. The van der Waals surface area contributed by atoms with Gasteiger partial charge in [-0.2, -0.15) is 4.98 Å². The summed E-state index contributed by atoms with van der Waals surface area (Å²) in [5, 5.41) is 0. The standard InChI is InChI=1S/C20H26N6O2/c1-24(2)20(27)26-11-14-10-25(19-22-9-8-17(21)23-19)12-16(14)18(26)13-4-6-15(28-3)7-5-13/h4-9,14,16,18H,10-12H2,1-3H3,(H2,21,22,23)/t14-,16-,18+/m1/s1. The van der Waals surface area contributed by atoms with Crippen molar-refractivity contribution < 1.29 is 9.53 Å². The number of nitrogens with zero attached hydrogens (tertiary/aromatic N) is 5. The van der Waals surface area contributed by atoms with Gasteiger partial charge in [0.1, 0.15) is 11.6 Å². The molecule has 2 amide bonds. The average Bonchev–Trinajstić information content (AvgIpc) is 3.25. The van der Waals surface area contributed by atoms with Crippen LogP contribution in [-0.2, 0) is 0 Å². The molecule has 3 heterocycles. The van der Waals surface area contributed by atoms with Crippen molar-refractivity contribution in [3.8, 4) is 5.75 Å². The van der Waals surface area contributed by atoms with Gasteiger partial charge in [0.25, 0.3) is 0 Å². The maximum atomic E-state index is 12.9. The summed E-state index contributed by atoms with van der Waals surface area (Å²) in [5.41, 5.74) is 6.96. The molecule has 148 valence electrons. The maximum absolute atomic E-state index is 12.9. The molecule has 0 unspecified atom stereocenters. The number of fused-ring (bicyclic) bond motifs is 1. The fourth-order valence-corrected chi connectivity index (χ4v) is 4.40. The van der Waals surface area contributed by atoms with Gasteiger partial charge in [-0.05, 0) is 23.8 Å². The first kappa shape index (κ1) is 18.3. The van der Waals surface area contributed by atoms with Crippen LogP contribution in [0.15, 0.2) is 36.5 Å². The molecule has 2 fully saturated rings. The third-order valence-corrected chi connectivity index (χ3v) is 5.70. The number of methoxy groups -OCH3 is 1. The highest BCUT2D eigenvalue weighted by atomic mass is 16.5. The molecule has 1 aromatic heterocycles. The van der Waals surface area contributed by atoms with Crippen LogP contribution in [0.2, 0.25) is 0 Å². The minimum atomic E-state index is 0.0110. The van der Waals surface area contributed by atoms with Crippen LogP contribution < -0.4 is 15.4 Å². The average molecular weight is 382 g/mol. The van der Waals surface area contributed by atoms with Crippen LogP contribution in [0.5, 0.6) is 5.75 Å². The first-order valence-electron chi connectivity index (χ1n) is 9.43. The van der Waals surface area contributed by atoms with Gasteiger partial charge in [-0.3, -0.25) is 0 Å². The number of ether oxygens (including phenoxy) is 1. The lowest BCUT2D eigenvalue weighted by Gasteiger charge is -2.32. The predicted molar refractivity (Wildman–Crippen MR) is 107 cm³/mol. The van der Waals surface area contributed by atoms with Crippen molar-refractivity contribution in [3.63, 3.8) is 0 Å². The van der Waals surface area contributed by atoms with Gasteiger partial charge in [-0.15, -0.1) is 0 Å². The van der Waals surface area contributed by atoms with E-state index in [1.54, 1.807) is 38.4 Å². The van der Waals surface area contributed by atoms with E-state index in [1.807, 2.05) is 17.0 Å². The van der Waals surface area contributed by atoms with Crippen LogP contribution in [0.4, 0.5) is 16.6 Å². The van der Waals surface area contributed by atoms with Crippen molar-refractivity contribution in [2.75, 3.05) is 51.5 Å². The normalized spacial score (nSPS) is 23.6. The molecule has 2 aliphatic rings. The summed E-state index contributed by atoms with van der Waals surface area (Å²) in [4.78, 5) is 27.4. The molecular weight excluding hydrogens is 356 g/mol. The van der Waals surface area contributed by atoms with Gasteiger partial charge in [0.2, 0.25) is 5.95 Å². The highest BCUT2D eigenvalue weighted by Crippen LogP contribution is 2.46. The van der Waals surface area contributed by atoms with Crippen molar-refractivity contribution in [2.24, 2.45) is 11.8 Å². The minimum Gasteiger partial charge on any atom is -0.497 e. The third-order valence-electron chi connectivity index (χ3n) is 5.70. The Morgan fingerprint density at radius 3 is 2.57 bits per heavy atom. The van der Waals surface area contributed by atoms with E-state index in [-0.39, 0.29) is 12.1 Å². The SMILES string of the molecule is COc1ccc([C@H]2[C@@H]3CN(c4nccc(N)n4)C[C@@H]3CN2C(=O)N(C)C)cc1. The summed E-state index contributed by atoms with van der Waals surface area (Å²) in [6, 6.07) is 9.77. The molecule has 2 N–H and O–H groups in total. The molecule has 28 heavy (non-hydrogen) atoms. The Hall–Kier alpha value is -3.03. The Morgan fingerprint density at radius 1 is 1.18 bits per heavy atom. The van der Waals surface area contributed by atoms with Gasteiger partial charge < -0.3 is 25.2 Å². The molecule has 0 spiro atoms. The predicted octanol–water partition coefficient (Wildman–Crippen LogP) is 1.86. The molecule has 0 saturated carbocycles. The largest absolute Gasteiger partial charge is 0.497 e. The van der Waals surface area contributed by atoms with Crippen LogP contribution in [0.1, 0.15) is 11.6 Å². The van der Waals surface area contributed by atoms with E-state index in [2.05, 4.69) is 27.0 Å². The molecule has 8 heteroatoms. The van der Waals surface area contributed by atoms with Crippen molar-refractivity contribution >= 4 is 17.8 Å². The molecule has 0 radical (unpaired) electrons. The highest BCUT2D eigenvalue weighted by molar-refractivity contribution is 5.75. The van der Waals surface area contributed by atoms with Crippen molar-refractivity contribution in [1.29, 1.82) is 0 Å². The number of amides is 2. The molecule has 2 aromatic rings. The molecule has 2 aliphatic heterocycles. The number of rotatable bonds is 3. The van der Waals surface area contributed by atoms with Gasteiger partial charge in [-0.1, -0.05) is 12.1 Å². The third kappa shape index (κ3) is 3.19. The lowest BCUT2D eigenvalue weighted by atomic mass is 9.89. The Bertz CT molecular complexity index is 856. The summed E-state index contributed by atoms with van der Waals surface area (Å²) < 4.78 is 5.29. The second-order valence-electron chi connectivity index (χ2n) is 7.66. The fourth-order valence-electron chi connectivity index (χ4n) is 4.40. The highest BCUT2D eigenvalue weighted by Gasteiger charge is 2.50. The van der Waals surface area contributed by atoms with E-state index in [4.69, 9.17) is 10.5 Å². The van der Waals surface area contributed by atoms with E-state index in [9.17, 15) is 4.79 Å². The van der Waals surface area contributed by atoms with Crippen molar-refractivity contribution in [2.45, 2.75) is 6.04 Å². The zero-order valence-corrected chi connectivity index (χ0v) is 16.4. The number of aromatic nitrogens is 2. The number of nitrogens with two attached hydrogens (primary N) is 1. The monoisotopic (exact) mass is 382 g/mol. The summed E-state index contributed by atoms with van der Waals surface area (Å²) >= 11 is 0. The van der Waals surface area contributed by atoms with Crippen LogP contribution in [0.3, 0.4) is 0 Å². The zero-order chi connectivity index (χ0) is 19.8. The number of likely N-dealkylation sites (tertiary alicyclic amines) is 1. The number of hydrogen-bond donors (Lipinski definition) is 1. The topological polar surface area (TPSA) is 87.8 Å². The molecule has 3 atom stereocenters. The van der Waals surface area contributed by atoms with E-state index in [0.29, 0.717) is 23.6 Å². The van der Waals surface area contributed by atoms with Gasteiger partial charge in [0.15, 0.2) is 0 Å². The van der Waals surface area contributed by atoms with Crippen LogP contribution in [0.25, 0.3) is 0 Å². The van der Waals surface area contributed by atoms with Crippen molar-refractivity contribution in [1.82, 2.24) is 19.8 Å². The second kappa shape index (κ2) is 7.18. The minimum absolute atomic E-state index is 0.0110. The molecule has 0 bridgehead atoms. The number of urea groups is 1. The van der Waals surface area contributed by atoms with Crippen LogP contribution in [0, 0.1) is 11.8 Å². The second-order valence-corrected chi connectivity index (χ2v) is 7.66. The van der Waals surface area contributed by atoms with E-state index in [1.165, 1.54) is 0 Å². The molecular formula is C20H26N6O2. The van der Waals surface area contributed by atoms with Crippen LogP contribution in [-0.4, -0.2) is 66.6 Å². The number of nitrogen functional groups attached to an aromatic ring is 1. The first-order valence-corrected chi connectivity index (χ1v) is 9.43. The van der Waals surface area contributed by atoms with E-state index in [0.717, 1.165) is 30.9 Å². The van der Waals surface area contributed by atoms with Crippen molar-refractivity contribution in [3.05, 3.63) is 42.1 Å². The smallest absolute Gasteiger partial charge is 0.320 e. The Balaban J connectivity index is 1.63. The zero-order valence-electron chi connectivity index (χ0n) is 16.4. The summed E-state index contributed by atoms with van der Waals surface area (Å²) in [7, 11) is 5.26. The quantitative estimate of drug-likeness (QED) is 0.872. The van der Waals surface area contributed by atoms with Gasteiger partial charge in [-0.25, -0.2) is 9.78 Å². The van der Waals surface area contributed by atoms with Gasteiger partial charge in [0, 0.05) is 51.8 Å². The fraction of sp³-hybridized carbons (Fsp3) is 0.450. The Morgan fingerprint density at radius 2 is 1.93 bits per heavy atom. The molecule has 1 aromatic carbocycles. The number of carbonyl (C=O) groups is 1. The van der Waals surface area contributed by atoms with E-state index >= 15 is 0 Å². The number of anilines is 2. The number of carbonyl (C=O) groups excluding carboxylic acids is 1. The number of hydrogen-bond acceptors (Lipinski definition) is 6. The molecule has 8 nitrogen and oxygen atoms in total. The van der Waals surface area contributed by atoms with Gasteiger partial charge in [0.05, 0.1) is 13.2 Å². The lowest BCUT2D eigenvalue weighted by Crippen LogP contribution is -2.41. The molecule has 0 aliphatic carbocycles. The summed E-state index contributed by atoms with van der Waals surface area (Å²) in [6.45, 7) is 2.33. The van der Waals surface area contributed by atoms with E-state index < -0.39 is 0 Å². The summed E-state index contributed by atoms with van der Waals surface area (Å²) in [5.74, 6) is 2.61. The Labute approximate surface area is 164 Å².